The first-order valence-corrected chi connectivity index (χ1v) is 6.28. The van der Waals surface area contributed by atoms with E-state index >= 15 is 0 Å². The van der Waals surface area contributed by atoms with Gasteiger partial charge < -0.3 is 9.14 Å². The summed E-state index contributed by atoms with van der Waals surface area (Å²) in [5.74, 6) is 0.267. The number of cyclic esters (lactones) is 1. The molecule has 0 N–H and O–H groups in total. The Labute approximate surface area is 115 Å². The number of carbonyl (C=O) groups excluding carboxylic acids is 1. The summed E-state index contributed by atoms with van der Waals surface area (Å²) in [5, 5.41) is 0. The zero-order valence-corrected chi connectivity index (χ0v) is 10.5. The quantitative estimate of drug-likeness (QED) is 0.633. The molecule has 3 heterocycles. The van der Waals surface area contributed by atoms with E-state index in [2.05, 4.69) is 4.98 Å². The molecule has 3 aromatic rings. The van der Waals surface area contributed by atoms with Crippen LogP contribution in [0.2, 0.25) is 0 Å². The molecule has 2 aromatic heterocycles. The molecule has 0 spiro atoms. The highest BCUT2D eigenvalue weighted by molar-refractivity contribution is 6.06. The summed E-state index contributed by atoms with van der Waals surface area (Å²) in [6.45, 7) is 0. The largest absolute Gasteiger partial charge is 0.422 e. The van der Waals surface area contributed by atoms with Gasteiger partial charge in [-0.15, -0.1) is 0 Å². The van der Waals surface area contributed by atoms with Crippen LogP contribution in [-0.2, 0) is 4.74 Å². The van der Waals surface area contributed by atoms with Crippen LogP contribution in [0.4, 0.5) is 0 Å². The van der Waals surface area contributed by atoms with E-state index in [9.17, 15) is 4.79 Å². The minimum atomic E-state index is -0.304. The molecule has 1 aliphatic rings. The number of esters is 1. The van der Waals surface area contributed by atoms with Crippen molar-refractivity contribution in [1.29, 1.82) is 0 Å². The molecule has 20 heavy (non-hydrogen) atoms. The van der Waals surface area contributed by atoms with Gasteiger partial charge in [0.2, 0.25) is 0 Å². The molecule has 96 valence electrons. The molecule has 4 nitrogen and oxygen atoms in total. The Kier molecular flexibility index (Phi) is 2.23. The van der Waals surface area contributed by atoms with Crippen LogP contribution in [0.1, 0.15) is 21.5 Å². The van der Waals surface area contributed by atoms with Crippen LogP contribution < -0.4 is 0 Å². The van der Waals surface area contributed by atoms with E-state index in [0.29, 0.717) is 11.3 Å². The summed E-state index contributed by atoms with van der Waals surface area (Å²) >= 11 is 0. The van der Waals surface area contributed by atoms with Crippen molar-refractivity contribution < 1.29 is 9.53 Å². The highest BCUT2D eigenvalue weighted by Crippen LogP contribution is 2.31. The molecule has 0 saturated heterocycles. The number of fused-ring (bicyclic) bond motifs is 2. The molecule has 0 radical (unpaired) electrons. The maximum atomic E-state index is 11.8. The van der Waals surface area contributed by atoms with E-state index < -0.39 is 0 Å². The second-order valence-corrected chi connectivity index (χ2v) is 4.57. The molecule has 1 aliphatic heterocycles. The summed E-state index contributed by atoms with van der Waals surface area (Å²) in [6.07, 6.45) is 7.41. The number of hydrogen-bond donors (Lipinski definition) is 0. The Hall–Kier alpha value is -2.88. The fourth-order valence-electron chi connectivity index (χ4n) is 2.42. The number of hydrogen-bond acceptors (Lipinski definition) is 3. The van der Waals surface area contributed by atoms with E-state index in [-0.39, 0.29) is 5.97 Å². The lowest BCUT2D eigenvalue weighted by Gasteiger charge is -2.01. The molecule has 1 aromatic carbocycles. The molecule has 0 amide bonds. The van der Waals surface area contributed by atoms with Gasteiger partial charge in [0.1, 0.15) is 11.4 Å². The first-order valence-electron chi connectivity index (χ1n) is 6.28. The lowest BCUT2D eigenvalue weighted by atomic mass is 10.1. The third-order valence-corrected chi connectivity index (χ3v) is 3.35. The monoisotopic (exact) mass is 262 g/mol. The molecular formula is C16H10N2O2. The van der Waals surface area contributed by atoms with Gasteiger partial charge >= 0.3 is 5.97 Å². The van der Waals surface area contributed by atoms with Gasteiger partial charge in [-0.25, -0.2) is 9.78 Å². The average molecular weight is 262 g/mol. The normalized spacial score (nSPS) is 15.6. The molecule has 4 rings (SSSR count). The van der Waals surface area contributed by atoms with Crippen LogP contribution in [0.25, 0.3) is 17.5 Å². The van der Waals surface area contributed by atoms with Crippen molar-refractivity contribution >= 4 is 23.5 Å². The van der Waals surface area contributed by atoms with Gasteiger partial charge in [0.05, 0.1) is 5.56 Å². The molecule has 0 saturated carbocycles. The number of carbonyl (C=O) groups is 1. The third-order valence-electron chi connectivity index (χ3n) is 3.35. The average Bonchev–Trinajstić information content (AvgIpc) is 3.06. The maximum absolute atomic E-state index is 11.8. The fourth-order valence-corrected chi connectivity index (χ4v) is 2.42. The number of imidazole rings is 1. The van der Waals surface area contributed by atoms with Crippen molar-refractivity contribution in [2.45, 2.75) is 0 Å². The Balaban J connectivity index is 1.90. The van der Waals surface area contributed by atoms with E-state index in [1.54, 1.807) is 12.3 Å². The molecule has 0 bridgehead atoms. The van der Waals surface area contributed by atoms with Gasteiger partial charge in [-0.3, -0.25) is 0 Å². The van der Waals surface area contributed by atoms with Crippen molar-refractivity contribution in [3.05, 3.63) is 71.7 Å². The lowest BCUT2D eigenvalue weighted by Crippen LogP contribution is -1.92. The fraction of sp³-hybridized carbons (Fsp3) is 0. The number of aromatic nitrogens is 2. The predicted molar refractivity (Wildman–Crippen MR) is 74.9 cm³/mol. The van der Waals surface area contributed by atoms with Gasteiger partial charge in [-0.1, -0.05) is 18.2 Å². The maximum Gasteiger partial charge on any atom is 0.344 e. The van der Waals surface area contributed by atoms with E-state index in [4.69, 9.17) is 4.74 Å². The van der Waals surface area contributed by atoms with Crippen LogP contribution >= 0.6 is 0 Å². The van der Waals surface area contributed by atoms with Crippen molar-refractivity contribution in [2.24, 2.45) is 0 Å². The molecule has 0 aliphatic carbocycles. The highest BCUT2D eigenvalue weighted by Gasteiger charge is 2.25. The van der Waals surface area contributed by atoms with Crippen molar-refractivity contribution in [1.82, 2.24) is 9.38 Å². The number of benzene rings is 1. The van der Waals surface area contributed by atoms with E-state index in [1.807, 2.05) is 53.2 Å². The topological polar surface area (TPSA) is 43.6 Å². The van der Waals surface area contributed by atoms with E-state index in [0.717, 1.165) is 16.8 Å². The Morgan fingerprint density at radius 1 is 1.05 bits per heavy atom. The van der Waals surface area contributed by atoms with Crippen molar-refractivity contribution in [3.63, 3.8) is 0 Å². The number of ether oxygens (including phenoxy) is 1. The van der Waals surface area contributed by atoms with Gasteiger partial charge in [0.25, 0.3) is 0 Å². The summed E-state index contributed by atoms with van der Waals surface area (Å²) in [6, 6.07) is 11.3. The van der Waals surface area contributed by atoms with Crippen LogP contribution in [0, 0.1) is 0 Å². The standard InChI is InChI=1S/C16H10N2O2/c19-16-13-6-2-1-5-12(13)14(20-16)10-11-4-3-8-18-9-7-17-15(11)18/h1-10H/b14-10+. The van der Waals surface area contributed by atoms with Crippen LogP contribution in [0.15, 0.2) is 55.0 Å². The minimum absolute atomic E-state index is 0.304. The number of pyridine rings is 1. The SMILES string of the molecule is O=C1O/C(=C/c2cccn3ccnc23)c2ccccc21. The number of rotatable bonds is 1. The molecule has 0 atom stereocenters. The Morgan fingerprint density at radius 3 is 2.80 bits per heavy atom. The van der Waals surface area contributed by atoms with Crippen molar-refractivity contribution in [3.8, 4) is 0 Å². The molecule has 0 unspecified atom stereocenters. The molecule has 4 heteroatoms. The van der Waals surface area contributed by atoms with Crippen molar-refractivity contribution in [2.75, 3.05) is 0 Å². The van der Waals surface area contributed by atoms with Crippen LogP contribution in [0.5, 0.6) is 0 Å². The summed E-state index contributed by atoms with van der Waals surface area (Å²) < 4.78 is 7.27. The second kappa shape index (κ2) is 4.06. The van der Waals surface area contributed by atoms with Gasteiger partial charge in [0.15, 0.2) is 0 Å². The van der Waals surface area contributed by atoms with Crippen LogP contribution in [-0.4, -0.2) is 15.4 Å². The first kappa shape index (κ1) is 11.0. The smallest absolute Gasteiger partial charge is 0.344 e. The van der Waals surface area contributed by atoms with Gasteiger partial charge in [-0.05, 0) is 24.3 Å². The highest BCUT2D eigenvalue weighted by atomic mass is 16.5. The predicted octanol–water partition coefficient (Wildman–Crippen LogP) is 3.00. The Morgan fingerprint density at radius 2 is 1.90 bits per heavy atom. The minimum Gasteiger partial charge on any atom is -0.422 e. The number of nitrogens with zero attached hydrogens (tertiary/aromatic N) is 2. The zero-order chi connectivity index (χ0) is 13.5. The van der Waals surface area contributed by atoms with Gasteiger partial charge in [-0.2, -0.15) is 0 Å². The van der Waals surface area contributed by atoms with Gasteiger partial charge in [0, 0.05) is 29.7 Å². The molecular weight excluding hydrogens is 252 g/mol. The summed E-state index contributed by atoms with van der Waals surface area (Å²) in [4.78, 5) is 16.1. The third kappa shape index (κ3) is 1.55. The lowest BCUT2D eigenvalue weighted by molar-refractivity contribution is 0.0717. The second-order valence-electron chi connectivity index (χ2n) is 4.57. The van der Waals surface area contributed by atoms with E-state index in [1.165, 1.54) is 0 Å². The zero-order valence-electron chi connectivity index (χ0n) is 10.5. The first-order chi connectivity index (χ1) is 9.83. The summed E-state index contributed by atoms with van der Waals surface area (Å²) in [7, 11) is 0. The molecule has 0 fully saturated rings. The van der Waals surface area contributed by atoms with Crippen LogP contribution in [0.3, 0.4) is 0 Å². The summed E-state index contributed by atoms with van der Waals surface area (Å²) in [5.41, 5.74) is 3.18. The Bertz CT molecular complexity index is 862.